The van der Waals surface area contributed by atoms with Crippen LogP contribution in [0.4, 0.5) is 11.5 Å². The van der Waals surface area contributed by atoms with Gasteiger partial charge in [-0.2, -0.15) is 5.10 Å². The Hall–Kier alpha value is -3.52. The summed E-state index contributed by atoms with van der Waals surface area (Å²) >= 11 is 6.13. The number of piperazine rings is 1. The highest BCUT2D eigenvalue weighted by atomic mass is 35.5. The summed E-state index contributed by atoms with van der Waals surface area (Å²) in [6.45, 7) is 3.17. The van der Waals surface area contributed by atoms with Gasteiger partial charge in [-0.15, -0.1) is 0 Å². The number of anilines is 2. The van der Waals surface area contributed by atoms with Crippen molar-refractivity contribution in [1.29, 1.82) is 0 Å². The van der Waals surface area contributed by atoms with Crippen molar-refractivity contribution in [3.63, 3.8) is 0 Å². The van der Waals surface area contributed by atoms with Crippen LogP contribution in [0.1, 0.15) is 6.42 Å². The molecule has 0 bridgehead atoms. The minimum atomic E-state index is -0.0617. The molecule has 3 aromatic rings. The Balaban J connectivity index is 1.27. The summed E-state index contributed by atoms with van der Waals surface area (Å²) < 4.78 is 7.12. The van der Waals surface area contributed by atoms with Crippen LogP contribution in [0.25, 0.3) is 11.3 Å². The maximum absolute atomic E-state index is 13.1. The van der Waals surface area contributed by atoms with Crippen molar-refractivity contribution in [2.45, 2.75) is 13.0 Å². The van der Waals surface area contributed by atoms with Gasteiger partial charge in [-0.05, 0) is 24.3 Å². The zero-order valence-corrected chi connectivity index (χ0v) is 19.7. The summed E-state index contributed by atoms with van der Waals surface area (Å²) in [7, 11) is 1.65. The van der Waals surface area contributed by atoms with E-state index in [1.54, 1.807) is 16.7 Å². The van der Waals surface area contributed by atoms with Gasteiger partial charge in [-0.1, -0.05) is 29.8 Å². The lowest BCUT2D eigenvalue weighted by molar-refractivity contribution is -0.132. The second kappa shape index (κ2) is 9.38. The number of halogens is 1. The molecule has 5 rings (SSSR count). The molecule has 1 saturated heterocycles. The molecule has 0 atom stereocenters. The van der Waals surface area contributed by atoms with Crippen LogP contribution in [0.3, 0.4) is 0 Å². The molecule has 3 heterocycles. The number of hydrogen-bond donors (Lipinski definition) is 0. The predicted octanol–water partition coefficient (Wildman–Crippen LogP) is 3.30. The predicted molar refractivity (Wildman–Crippen MR) is 131 cm³/mol. The Morgan fingerprint density at radius 3 is 2.59 bits per heavy atom. The third-order valence-corrected chi connectivity index (χ3v) is 6.57. The van der Waals surface area contributed by atoms with Crippen molar-refractivity contribution in [1.82, 2.24) is 14.7 Å². The number of fused-ring (bicyclic) bond motifs is 1. The molecule has 0 saturated carbocycles. The van der Waals surface area contributed by atoms with Crippen LogP contribution in [0, 0.1) is 0 Å². The number of hydrogen-bond acceptors (Lipinski definition) is 5. The molecule has 2 aromatic carbocycles. The van der Waals surface area contributed by atoms with E-state index < -0.39 is 0 Å². The number of methoxy groups -OCH3 is 1. The third kappa shape index (κ3) is 4.46. The van der Waals surface area contributed by atoms with E-state index in [2.05, 4.69) is 10.00 Å². The van der Waals surface area contributed by atoms with Gasteiger partial charge >= 0.3 is 0 Å². The molecule has 2 aliphatic heterocycles. The van der Waals surface area contributed by atoms with E-state index in [0.717, 1.165) is 35.8 Å². The van der Waals surface area contributed by atoms with Gasteiger partial charge in [0.2, 0.25) is 11.8 Å². The molecule has 176 valence electrons. The SMILES string of the molecule is COc1cccc(N2CCN(C(=O)CN3C(=O)CCn4nc(-c5cccc(Cl)c5)cc43)CC2)c1. The zero-order valence-electron chi connectivity index (χ0n) is 19.0. The standard InChI is InChI=1S/C25H26ClN5O3/c1-34-21-7-3-6-20(15-21)28-10-12-29(13-11-28)25(33)17-30-23-16-22(18-4-2-5-19(26)14-18)27-31(23)9-8-24(30)32/h2-7,14-16H,8-13,17H2,1H3. The Kier molecular flexibility index (Phi) is 6.15. The lowest BCUT2D eigenvalue weighted by Crippen LogP contribution is -2.52. The Bertz CT molecular complexity index is 1220. The number of rotatable bonds is 5. The highest BCUT2D eigenvalue weighted by Gasteiger charge is 2.30. The van der Waals surface area contributed by atoms with Crippen molar-refractivity contribution in [2.24, 2.45) is 0 Å². The highest BCUT2D eigenvalue weighted by molar-refractivity contribution is 6.30. The van der Waals surface area contributed by atoms with Gasteiger partial charge in [-0.25, -0.2) is 4.68 Å². The Morgan fingerprint density at radius 2 is 1.82 bits per heavy atom. The minimum Gasteiger partial charge on any atom is -0.497 e. The van der Waals surface area contributed by atoms with Crippen LogP contribution in [-0.2, 0) is 16.1 Å². The lowest BCUT2D eigenvalue weighted by Gasteiger charge is -2.37. The van der Waals surface area contributed by atoms with E-state index in [9.17, 15) is 9.59 Å². The molecule has 34 heavy (non-hydrogen) atoms. The Labute approximate surface area is 203 Å². The molecular formula is C25H26ClN5O3. The summed E-state index contributed by atoms with van der Waals surface area (Å²) in [4.78, 5) is 31.5. The van der Waals surface area contributed by atoms with Gasteiger partial charge in [0.05, 0.1) is 19.3 Å². The fourth-order valence-electron chi connectivity index (χ4n) is 4.47. The highest BCUT2D eigenvalue weighted by Crippen LogP contribution is 2.29. The van der Waals surface area contributed by atoms with Gasteiger partial charge in [0, 0.05) is 61.0 Å². The summed E-state index contributed by atoms with van der Waals surface area (Å²) in [6, 6.07) is 17.2. The van der Waals surface area contributed by atoms with Crippen molar-refractivity contribution in [3.8, 4) is 17.0 Å². The largest absolute Gasteiger partial charge is 0.497 e. The maximum atomic E-state index is 13.1. The van der Waals surface area contributed by atoms with Gasteiger partial charge < -0.3 is 14.5 Å². The summed E-state index contributed by atoms with van der Waals surface area (Å²) in [6.07, 6.45) is 0.320. The molecular weight excluding hydrogens is 454 g/mol. The first-order valence-corrected chi connectivity index (χ1v) is 11.7. The quantitative estimate of drug-likeness (QED) is 0.561. The van der Waals surface area contributed by atoms with E-state index in [1.807, 2.05) is 59.5 Å². The number of nitrogens with zero attached hydrogens (tertiary/aromatic N) is 5. The van der Waals surface area contributed by atoms with Gasteiger partial charge in [0.1, 0.15) is 18.1 Å². The van der Waals surface area contributed by atoms with Gasteiger partial charge in [0.25, 0.3) is 0 Å². The molecule has 0 aliphatic carbocycles. The molecule has 0 spiro atoms. The number of amides is 2. The molecule has 9 heteroatoms. The minimum absolute atomic E-state index is 0.0126. The summed E-state index contributed by atoms with van der Waals surface area (Å²) in [5, 5.41) is 5.27. The number of aryl methyl sites for hydroxylation is 1. The van der Waals surface area contributed by atoms with E-state index in [1.165, 1.54) is 0 Å². The van der Waals surface area contributed by atoms with Crippen LogP contribution in [0.2, 0.25) is 5.02 Å². The number of aromatic nitrogens is 2. The summed E-state index contributed by atoms with van der Waals surface area (Å²) in [5.41, 5.74) is 2.69. The van der Waals surface area contributed by atoms with Crippen LogP contribution < -0.4 is 14.5 Å². The Morgan fingerprint density at radius 1 is 1.03 bits per heavy atom. The van der Waals surface area contributed by atoms with Crippen LogP contribution in [0.15, 0.2) is 54.6 Å². The lowest BCUT2D eigenvalue weighted by atomic mass is 10.1. The van der Waals surface area contributed by atoms with Crippen molar-refractivity contribution < 1.29 is 14.3 Å². The van der Waals surface area contributed by atoms with Crippen LogP contribution >= 0.6 is 11.6 Å². The molecule has 0 unspecified atom stereocenters. The molecule has 2 amide bonds. The topological polar surface area (TPSA) is 70.9 Å². The second-order valence-electron chi connectivity index (χ2n) is 8.42. The molecule has 2 aliphatic rings. The fraction of sp³-hybridized carbons (Fsp3) is 0.320. The third-order valence-electron chi connectivity index (χ3n) is 6.34. The van der Waals surface area contributed by atoms with Crippen molar-refractivity contribution in [3.05, 3.63) is 59.6 Å². The summed E-state index contributed by atoms with van der Waals surface area (Å²) in [5.74, 6) is 1.34. The second-order valence-corrected chi connectivity index (χ2v) is 8.86. The number of carbonyl (C=O) groups is 2. The smallest absolute Gasteiger partial charge is 0.242 e. The van der Waals surface area contributed by atoms with Crippen molar-refractivity contribution >= 4 is 34.9 Å². The van der Waals surface area contributed by atoms with E-state index in [-0.39, 0.29) is 18.4 Å². The maximum Gasteiger partial charge on any atom is 0.242 e. The molecule has 1 aromatic heterocycles. The first kappa shape index (κ1) is 22.3. The molecule has 1 fully saturated rings. The zero-order chi connectivity index (χ0) is 23.7. The monoisotopic (exact) mass is 479 g/mol. The first-order chi connectivity index (χ1) is 16.5. The van der Waals surface area contributed by atoms with Crippen LogP contribution in [-0.4, -0.2) is 66.3 Å². The van der Waals surface area contributed by atoms with Crippen LogP contribution in [0.5, 0.6) is 5.75 Å². The average Bonchev–Trinajstić information content (AvgIpc) is 3.31. The van der Waals surface area contributed by atoms with Crippen molar-refractivity contribution in [2.75, 3.05) is 49.6 Å². The van der Waals surface area contributed by atoms with Gasteiger partial charge in [0.15, 0.2) is 0 Å². The van der Waals surface area contributed by atoms with E-state index >= 15 is 0 Å². The molecule has 0 radical (unpaired) electrons. The number of benzene rings is 2. The number of ether oxygens (including phenoxy) is 1. The normalized spacial score (nSPS) is 15.9. The molecule has 8 nitrogen and oxygen atoms in total. The van der Waals surface area contributed by atoms with E-state index in [0.29, 0.717) is 36.9 Å². The first-order valence-electron chi connectivity index (χ1n) is 11.3. The number of carbonyl (C=O) groups excluding carboxylic acids is 2. The average molecular weight is 480 g/mol. The fourth-order valence-corrected chi connectivity index (χ4v) is 4.66. The molecule has 0 N–H and O–H groups in total. The van der Waals surface area contributed by atoms with E-state index in [4.69, 9.17) is 16.3 Å². The van der Waals surface area contributed by atoms with Gasteiger partial charge in [-0.3, -0.25) is 14.5 Å².